The minimum atomic E-state index is -2.03. The third-order valence-corrected chi connectivity index (χ3v) is 6.24. The first-order valence-electron chi connectivity index (χ1n) is 10.4. The van der Waals surface area contributed by atoms with Crippen molar-refractivity contribution in [2.75, 3.05) is 0 Å². The first-order valence-corrected chi connectivity index (χ1v) is 10.4. The molecule has 5 N–H and O–H groups in total. The fraction of sp³-hybridized carbons (Fsp3) is 0.435. The number of aryl methyl sites for hydroxylation is 2. The van der Waals surface area contributed by atoms with Crippen molar-refractivity contribution in [1.82, 2.24) is 14.9 Å². The SMILES string of the molecule is CC(C)NCc1cc2c3c(ccc2n1C)-c1[nH]c(=O)c(C(O)O)c(O)c1[C@@H](C)CC3. The lowest BCUT2D eigenvalue weighted by atomic mass is 9.93. The average Bonchev–Trinajstić information content (AvgIpc) is 2.91. The molecule has 0 unspecified atom stereocenters. The zero-order chi connectivity index (χ0) is 21.7. The van der Waals surface area contributed by atoms with Crippen molar-refractivity contribution < 1.29 is 15.3 Å². The summed E-state index contributed by atoms with van der Waals surface area (Å²) in [5.74, 6) is -0.373. The Bertz CT molecular complexity index is 1170. The van der Waals surface area contributed by atoms with Gasteiger partial charge in [-0.1, -0.05) is 26.8 Å². The Hall–Kier alpha value is -2.61. The van der Waals surface area contributed by atoms with Crippen molar-refractivity contribution in [3.8, 4) is 17.0 Å². The number of rotatable bonds is 4. The number of benzene rings is 1. The van der Waals surface area contributed by atoms with Crippen molar-refractivity contribution in [3.63, 3.8) is 0 Å². The summed E-state index contributed by atoms with van der Waals surface area (Å²) in [6.45, 7) is 6.98. The lowest BCUT2D eigenvalue weighted by Crippen LogP contribution is -2.22. The molecule has 160 valence electrons. The third kappa shape index (κ3) is 3.23. The van der Waals surface area contributed by atoms with E-state index in [0.29, 0.717) is 17.3 Å². The van der Waals surface area contributed by atoms with Gasteiger partial charge in [-0.2, -0.15) is 0 Å². The minimum absolute atomic E-state index is 0.0532. The van der Waals surface area contributed by atoms with Gasteiger partial charge in [-0.15, -0.1) is 0 Å². The van der Waals surface area contributed by atoms with Crippen LogP contribution in [-0.2, 0) is 20.0 Å². The van der Waals surface area contributed by atoms with E-state index in [4.69, 9.17) is 0 Å². The van der Waals surface area contributed by atoms with Gasteiger partial charge in [0.15, 0.2) is 6.29 Å². The quantitative estimate of drug-likeness (QED) is 0.424. The summed E-state index contributed by atoms with van der Waals surface area (Å²) >= 11 is 0. The van der Waals surface area contributed by atoms with E-state index in [2.05, 4.69) is 41.8 Å². The van der Waals surface area contributed by atoms with Gasteiger partial charge in [-0.25, -0.2) is 0 Å². The minimum Gasteiger partial charge on any atom is -0.507 e. The van der Waals surface area contributed by atoms with E-state index in [-0.39, 0.29) is 11.7 Å². The van der Waals surface area contributed by atoms with Crippen LogP contribution in [-0.4, -0.2) is 30.9 Å². The van der Waals surface area contributed by atoms with E-state index >= 15 is 0 Å². The summed E-state index contributed by atoms with van der Waals surface area (Å²) in [7, 11) is 2.06. The molecule has 0 saturated carbocycles. The maximum atomic E-state index is 12.5. The Labute approximate surface area is 175 Å². The van der Waals surface area contributed by atoms with Crippen molar-refractivity contribution in [2.24, 2.45) is 7.05 Å². The number of aromatic amines is 1. The molecular weight excluding hydrogens is 382 g/mol. The van der Waals surface area contributed by atoms with Gasteiger partial charge in [0, 0.05) is 47.4 Å². The fourth-order valence-electron chi connectivity index (χ4n) is 4.56. The Morgan fingerprint density at radius 2 is 2.03 bits per heavy atom. The van der Waals surface area contributed by atoms with E-state index in [1.54, 1.807) is 0 Å². The number of nitrogens with zero attached hydrogens (tertiary/aromatic N) is 1. The van der Waals surface area contributed by atoms with Crippen LogP contribution in [0.15, 0.2) is 23.0 Å². The van der Waals surface area contributed by atoms with Crippen molar-refractivity contribution >= 4 is 10.9 Å². The van der Waals surface area contributed by atoms with Crippen LogP contribution in [0.25, 0.3) is 22.2 Å². The molecule has 0 spiro atoms. The normalized spacial score (nSPS) is 16.2. The lowest BCUT2D eigenvalue weighted by Gasteiger charge is -2.18. The lowest BCUT2D eigenvalue weighted by molar-refractivity contribution is -0.0450. The summed E-state index contributed by atoms with van der Waals surface area (Å²) in [5, 5.41) is 34.5. The third-order valence-electron chi connectivity index (χ3n) is 6.24. The number of hydrogen-bond donors (Lipinski definition) is 5. The highest BCUT2D eigenvalue weighted by molar-refractivity contribution is 5.92. The van der Waals surface area contributed by atoms with Crippen molar-refractivity contribution in [3.05, 3.63) is 50.9 Å². The molecule has 1 atom stereocenters. The number of aliphatic hydroxyl groups excluding tert-OH is 1. The Morgan fingerprint density at radius 1 is 1.30 bits per heavy atom. The second-order valence-electron chi connectivity index (χ2n) is 8.57. The zero-order valence-electron chi connectivity index (χ0n) is 17.8. The molecule has 7 heteroatoms. The highest BCUT2D eigenvalue weighted by Gasteiger charge is 2.29. The monoisotopic (exact) mass is 411 g/mol. The van der Waals surface area contributed by atoms with E-state index < -0.39 is 17.4 Å². The molecule has 4 rings (SSSR count). The predicted octanol–water partition coefficient (Wildman–Crippen LogP) is 2.77. The van der Waals surface area contributed by atoms with Crippen LogP contribution in [0.1, 0.15) is 61.8 Å². The average molecular weight is 412 g/mol. The Kier molecular flexibility index (Phi) is 5.22. The molecule has 2 heterocycles. The molecule has 0 fully saturated rings. The summed E-state index contributed by atoms with van der Waals surface area (Å²) in [4.78, 5) is 15.3. The number of pyridine rings is 1. The summed E-state index contributed by atoms with van der Waals surface area (Å²) < 4.78 is 2.19. The molecule has 1 aliphatic rings. The van der Waals surface area contributed by atoms with Crippen LogP contribution in [0.2, 0.25) is 0 Å². The van der Waals surface area contributed by atoms with Crippen LogP contribution >= 0.6 is 0 Å². The zero-order valence-corrected chi connectivity index (χ0v) is 17.8. The van der Waals surface area contributed by atoms with E-state index in [1.165, 1.54) is 5.69 Å². The molecular formula is C23H29N3O4. The standard InChI is InChI=1S/C23H29N3O4/c1-11(2)24-10-13-9-16-14-6-5-12(3)18-20(15(14)7-8-17(16)26(13)4)25-22(28)19(21(18)27)23(29)30/h7-9,11-12,23-24,29-30H,5-6,10H2,1-4H3,(H2,25,27,28)/t12-/m0/s1. The predicted molar refractivity (Wildman–Crippen MR) is 117 cm³/mol. The molecule has 0 radical (unpaired) electrons. The van der Waals surface area contributed by atoms with Gasteiger partial charge in [0.25, 0.3) is 5.56 Å². The number of aromatic hydroxyl groups is 1. The van der Waals surface area contributed by atoms with Crippen molar-refractivity contribution in [1.29, 1.82) is 0 Å². The summed E-state index contributed by atoms with van der Waals surface area (Å²) in [5.41, 5.74) is 4.37. The Morgan fingerprint density at radius 3 is 2.70 bits per heavy atom. The molecule has 0 saturated heterocycles. The van der Waals surface area contributed by atoms with Crippen LogP contribution in [0.3, 0.4) is 0 Å². The molecule has 1 aromatic carbocycles. The topological polar surface area (TPSA) is 111 Å². The molecule has 30 heavy (non-hydrogen) atoms. The molecule has 7 nitrogen and oxygen atoms in total. The second kappa shape index (κ2) is 7.58. The number of aliphatic hydroxyl groups is 2. The van der Waals surface area contributed by atoms with Gasteiger partial charge in [0.05, 0.1) is 5.69 Å². The first kappa shape index (κ1) is 20.7. The van der Waals surface area contributed by atoms with E-state index in [1.807, 2.05) is 19.1 Å². The van der Waals surface area contributed by atoms with Gasteiger partial charge in [-0.3, -0.25) is 4.79 Å². The highest BCUT2D eigenvalue weighted by atomic mass is 16.5. The molecule has 3 aromatic rings. The largest absolute Gasteiger partial charge is 0.507 e. The molecule has 1 aliphatic carbocycles. The molecule has 0 aliphatic heterocycles. The first-order chi connectivity index (χ1) is 14.2. The fourth-order valence-corrected chi connectivity index (χ4v) is 4.56. The van der Waals surface area contributed by atoms with Gasteiger partial charge in [-0.05, 0) is 36.5 Å². The maximum absolute atomic E-state index is 12.5. The molecule has 2 aromatic heterocycles. The van der Waals surface area contributed by atoms with Crippen LogP contribution in [0.4, 0.5) is 0 Å². The van der Waals surface area contributed by atoms with Gasteiger partial charge >= 0.3 is 0 Å². The van der Waals surface area contributed by atoms with Crippen LogP contribution < -0.4 is 10.9 Å². The number of fused-ring (bicyclic) bond motifs is 5. The maximum Gasteiger partial charge on any atom is 0.260 e. The van der Waals surface area contributed by atoms with E-state index in [9.17, 15) is 20.1 Å². The summed E-state index contributed by atoms with van der Waals surface area (Å²) in [6, 6.07) is 6.61. The number of nitrogens with one attached hydrogen (secondary N) is 2. The van der Waals surface area contributed by atoms with Gasteiger partial charge in [0.2, 0.25) is 0 Å². The molecule has 0 amide bonds. The number of hydrogen-bond acceptors (Lipinski definition) is 5. The van der Waals surface area contributed by atoms with Crippen molar-refractivity contribution in [2.45, 2.75) is 58.4 Å². The van der Waals surface area contributed by atoms with E-state index in [0.717, 1.165) is 41.4 Å². The number of aromatic nitrogens is 2. The highest BCUT2D eigenvalue weighted by Crippen LogP contribution is 2.44. The number of H-pyrrole nitrogens is 1. The molecule has 0 bridgehead atoms. The van der Waals surface area contributed by atoms with Gasteiger partial charge < -0.3 is 30.2 Å². The smallest absolute Gasteiger partial charge is 0.260 e. The second-order valence-corrected chi connectivity index (χ2v) is 8.57. The summed E-state index contributed by atoms with van der Waals surface area (Å²) in [6.07, 6.45) is -0.461. The van der Waals surface area contributed by atoms with Crippen LogP contribution in [0, 0.1) is 0 Å². The van der Waals surface area contributed by atoms with Gasteiger partial charge in [0.1, 0.15) is 11.3 Å². The van der Waals surface area contributed by atoms with Crippen LogP contribution in [0.5, 0.6) is 5.75 Å². The Balaban J connectivity index is 1.95.